The van der Waals surface area contributed by atoms with E-state index in [1.54, 1.807) is 6.07 Å². The highest BCUT2D eigenvalue weighted by Gasteiger charge is 2.27. The summed E-state index contributed by atoms with van der Waals surface area (Å²) in [5.41, 5.74) is 2.47. The highest BCUT2D eigenvalue weighted by atomic mass is 32.2. The fourth-order valence-electron chi connectivity index (χ4n) is 3.59. The van der Waals surface area contributed by atoms with Gasteiger partial charge in [0.05, 0.1) is 0 Å². The minimum Gasteiger partial charge on any atom is -0.339 e. The second-order valence-corrected chi connectivity index (χ2v) is 7.30. The van der Waals surface area contributed by atoms with Gasteiger partial charge in [-0.25, -0.2) is 4.39 Å². The quantitative estimate of drug-likeness (QED) is 0.852. The number of hydrogen-bond donors (Lipinski definition) is 0. The number of carbonyl (C=O) groups excluding carboxylic acids is 1. The highest BCUT2D eigenvalue weighted by molar-refractivity contribution is 7.98. The van der Waals surface area contributed by atoms with Gasteiger partial charge in [0.15, 0.2) is 0 Å². The molecule has 0 N–H and O–H groups in total. The van der Waals surface area contributed by atoms with E-state index < -0.39 is 0 Å². The standard InChI is InChI=1S/C18H23FN2OS/c1-12-15-10-14(19)4-5-16(15)20(2)17(12)18(22)21-8-6-13(7-9-21)11-23-3/h4-5,10,13H,6-9,11H2,1-3H3. The van der Waals surface area contributed by atoms with Crippen LogP contribution < -0.4 is 0 Å². The summed E-state index contributed by atoms with van der Waals surface area (Å²) in [5.74, 6) is 1.71. The lowest BCUT2D eigenvalue weighted by molar-refractivity contribution is 0.0688. The second kappa shape index (κ2) is 6.56. The summed E-state index contributed by atoms with van der Waals surface area (Å²) in [4.78, 5) is 14.9. The summed E-state index contributed by atoms with van der Waals surface area (Å²) in [6.07, 6.45) is 4.28. The normalized spacial score (nSPS) is 16.3. The number of nitrogens with zero attached hydrogens (tertiary/aromatic N) is 2. The lowest BCUT2D eigenvalue weighted by atomic mass is 9.98. The lowest BCUT2D eigenvalue weighted by Gasteiger charge is -2.32. The molecule has 5 heteroatoms. The number of halogens is 1. The number of carbonyl (C=O) groups is 1. The van der Waals surface area contributed by atoms with Crippen molar-refractivity contribution >= 4 is 28.6 Å². The van der Waals surface area contributed by atoms with Gasteiger partial charge < -0.3 is 9.47 Å². The van der Waals surface area contributed by atoms with Crippen LogP contribution in [0.5, 0.6) is 0 Å². The van der Waals surface area contributed by atoms with Crippen molar-refractivity contribution in [1.82, 2.24) is 9.47 Å². The zero-order valence-electron chi connectivity index (χ0n) is 13.9. The van der Waals surface area contributed by atoms with Crippen LogP contribution in [0.3, 0.4) is 0 Å². The van der Waals surface area contributed by atoms with Gasteiger partial charge in [0.1, 0.15) is 11.5 Å². The number of likely N-dealkylation sites (tertiary alicyclic amines) is 1. The third kappa shape index (κ3) is 2.99. The van der Waals surface area contributed by atoms with Crippen LogP contribution in [0.15, 0.2) is 18.2 Å². The van der Waals surface area contributed by atoms with Gasteiger partial charge in [-0.15, -0.1) is 0 Å². The van der Waals surface area contributed by atoms with Crippen LogP contribution in [-0.4, -0.2) is 40.5 Å². The van der Waals surface area contributed by atoms with Crippen LogP contribution in [0, 0.1) is 18.7 Å². The number of amides is 1. The molecule has 1 aromatic heterocycles. The van der Waals surface area contributed by atoms with E-state index >= 15 is 0 Å². The van der Waals surface area contributed by atoms with Gasteiger partial charge in [-0.3, -0.25) is 4.79 Å². The number of rotatable bonds is 3. The van der Waals surface area contributed by atoms with E-state index in [4.69, 9.17) is 0 Å². The summed E-state index contributed by atoms with van der Waals surface area (Å²) in [5, 5.41) is 0.827. The zero-order valence-corrected chi connectivity index (χ0v) is 14.8. The topological polar surface area (TPSA) is 25.2 Å². The summed E-state index contributed by atoms with van der Waals surface area (Å²) < 4.78 is 15.4. The van der Waals surface area contributed by atoms with Gasteiger partial charge in [-0.05, 0) is 61.5 Å². The van der Waals surface area contributed by atoms with E-state index in [0.717, 1.165) is 48.3 Å². The molecule has 0 atom stereocenters. The van der Waals surface area contributed by atoms with Crippen molar-refractivity contribution in [2.75, 3.05) is 25.1 Å². The van der Waals surface area contributed by atoms with Gasteiger partial charge in [0.2, 0.25) is 0 Å². The number of benzene rings is 1. The molecule has 0 spiro atoms. The van der Waals surface area contributed by atoms with Gasteiger partial charge in [-0.2, -0.15) is 11.8 Å². The molecule has 3 rings (SSSR count). The van der Waals surface area contributed by atoms with E-state index in [0.29, 0.717) is 5.69 Å². The largest absolute Gasteiger partial charge is 0.339 e. The van der Waals surface area contributed by atoms with Crippen LogP contribution in [0.25, 0.3) is 10.9 Å². The fourth-order valence-corrected chi connectivity index (χ4v) is 4.40. The summed E-state index contributed by atoms with van der Waals surface area (Å²) >= 11 is 1.88. The predicted molar refractivity (Wildman–Crippen MR) is 94.6 cm³/mol. The molecule has 1 aliphatic rings. The van der Waals surface area contributed by atoms with Gasteiger partial charge in [0, 0.05) is 31.0 Å². The monoisotopic (exact) mass is 334 g/mol. The van der Waals surface area contributed by atoms with E-state index in [9.17, 15) is 9.18 Å². The van der Waals surface area contributed by atoms with Crippen LogP contribution in [-0.2, 0) is 7.05 Å². The number of hydrogen-bond acceptors (Lipinski definition) is 2. The fraction of sp³-hybridized carbons (Fsp3) is 0.500. The average molecular weight is 334 g/mol. The first-order chi connectivity index (χ1) is 11.0. The third-order valence-corrected chi connectivity index (χ3v) is 5.73. The van der Waals surface area contributed by atoms with Crippen LogP contribution in [0.1, 0.15) is 28.9 Å². The smallest absolute Gasteiger partial charge is 0.270 e. The van der Waals surface area contributed by atoms with E-state index in [-0.39, 0.29) is 11.7 Å². The van der Waals surface area contributed by atoms with Crippen molar-refractivity contribution in [3.8, 4) is 0 Å². The average Bonchev–Trinajstić information content (AvgIpc) is 2.79. The molecule has 1 aliphatic heterocycles. The first-order valence-electron chi connectivity index (χ1n) is 8.05. The molecule has 1 saturated heterocycles. The second-order valence-electron chi connectivity index (χ2n) is 6.39. The van der Waals surface area contributed by atoms with E-state index in [1.165, 1.54) is 17.9 Å². The summed E-state index contributed by atoms with van der Waals surface area (Å²) in [6.45, 7) is 3.55. The molecule has 2 aromatic rings. The number of aryl methyl sites for hydroxylation is 2. The molecule has 0 unspecified atom stereocenters. The van der Waals surface area contributed by atoms with Crippen molar-refractivity contribution in [3.05, 3.63) is 35.3 Å². The van der Waals surface area contributed by atoms with Crippen LogP contribution >= 0.6 is 11.8 Å². The van der Waals surface area contributed by atoms with Gasteiger partial charge in [-0.1, -0.05) is 0 Å². The van der Waals surface area contributed by atoms with Crippen molar-refractivity contribution < 1.29 is 9.18 Å². The molecular weight excluding hydrogens is 311 g/mol. The Hall–Kier alpha value is -1.49. The molecule has 0 radical (unpaired) electrons. The van der Waals surface area contributed by atoms with Gasteiger partial charge in [0.25, 0.3) is 5.91 Å². The van der Waals surface area contributed by atoms with Crippen LogP contribution in [0.4, 0.5) is 4.39 Å². The van der Waals surface area contributed by atoms with Crippen molar-refractivity contribution in [3.63, 3.8) is 0 Å². The lowest BCUT2D eigenvalue weighted by Crippen LogP contribution is -2.39. The maximum atomic E-state index is 13.5. The SMILES string of the molecule is CSCC1CCN(C(=O)c2c(C)c3cc(F)ccc3n2C)CC1. The van der Waals surface area contributed by atoms with Crippen molar-refractivity contribution in [2.45, 2.75) is 19.8 Å². The molecule has 124 valence electrons. The van der Waals surface area contributed by atoms with Crippen molar-refractivity contribution in [2.24, 2.45) is 13.0 Å². The molecule has 2 heterocycles. The predicted octanol–water partition coefficient (Wildman–Crippen LogP) is 3.84. The zero-order chi connectivity index (χ0) is 16.6. The molecular formula is C18H23FN2OS. The Morgan fingerprint density at radius 1 is 1.35 bits per heavy atom. The third-order valence-electron chi connectivity index (χ3n) is 4.92. The first-order valence-corrected chi connectivity index (χ1v) is 9.45. The maximum absolute atomic E-state index is 13.5. The molecule has 1 fully saturated rings. The van der Waals surface area contributed by atoms with E-state index in [1.807, 2.05) is 35.2 Å². The Morgan fingerprint density at radius 2 is 2.04 bits per heavy atom. The van der Waals surface area contributed by atoms with E-state index in [2.05, 4.69) is 6.26 Å². The maximum Gasteiger partial charge on any atom is 0.270 e. The van der Waals surface area contributed by atoms with Crippen molar-refractivity contribution in [1.29, 1.82) is 0 Å². The Morgan fingerprint density at radius 3 is 2.70 bits per heavy atom. The minimum atomic E-state index is -0.261. The molecule has 1 aromatic carbocycles. The Balaban J connectivity index is 1.87. The molecule has 23 heavy (non-hydrogen) atoms. The Bertz CT molecular complexity index is 732. The number of thioether (sulfide) groups is 1. The molecule has 3 nitrogen and oxygen atoms in total. The molecule has 1 amide bonds. The number of fused-ring (bicyclic) bond motifs is 1. The highest BCUT2D eigenvalue weighted by Crippen LogP contribution is 2.28. The first kappa shape index (κ1) is 16.4. The minimum absolute atomic E-state index is 0.0733. The number of piperidine rings is 1. The molecule has 0 saturated carbocycles. The van der Waals surface area contributed by atoms with Gasteiger partial charge >= 0.3 is 0 Å². The summed E-state index contributed by atoms with van der Waals surface area (Å²) in [6, 6.07) is 4.72. The molecule has 0 aliphatic carbocycles. The number of aromatic nitrogens is 1. The Kier molecular flexibility index (Phi) is 4.67. The summed E-state index contributed by atoms with van der Waals surface area (Å²) in [7, 11) is 1.89. The van der Waals surface area contributed by atoms with Crippen LogP contribution in [0.2, 0.25) is 0 Å². The molecule has 0 bridgehead atoms. The Labute approximate surface area is 140 Å².